The predicted molar refractivity (Wildman–Crippen MR) is 38.7 cm³/mol. The number of benzene rings is 1. The van der Waals surface area contributed by atoms with Gasteiger partial charge in [0, 0.05) is 0 Å². The largest absolute Gasteiger partial charge is 0.324 e. The molecule has 0 saturated heterocycles. The highest BCUT2D eigenvalue weighted by Gasteiger charge is 1.89. The second-order valence-electron chi connectivity index (χ2n) is 1.80. The van der Waals surface area contributed by atoms with E-state index in [0.717, 1.165) is 11.3 Å². The van der Waals surface area contributed by atoms with E-state index in [-0.39, 0.29) is 0 Å². The SMILES string of the molecule is [CH2]c1ccccc1NN. The molecule has 0 aliphatic carbocycles. The smallest absolute Gasteiger partial charge is 0.0517 e. The molecule has 0 heterocycles. The van der Waals surface area contributed by atoms with Gasteiger partial charge in [0.05, 0.1) is 5.69 Å². The zero-order valence-corrected chi connectivity index (χ0v) is 5.09. The summed E-state index contributed by atoms with van der Waals surface area (Å²) in [6.07, 6.45) is 0. The molecule has 0 fully saturated rings. The van der Waals surface area contributed by atoms with Crippen LogP contribution in [0.4, 0.5) is 5.69 Å². The molecule has 2 heteroatoms. The van der Waals surface area contributed by atoms with Gasteiger partial charge in [0.15, 0.2) is 0 Å². The van der Waals surface area contributed by atoms with Gasteiger partial charge >= 0.3 is 0 Å². The Morgan fingerprint density at radius 2 is 2.00 bits per heavy atom. The van der Waals surface area contributed by atoms with Crippen molar-refractivity contribution >= 4 is 5.69 Å². The minimum Gasteiger partial charge on any atom is -0.324 e. The monoisotopic (exact) mass is 121 g/mol. The summed E-state index contributed by atoms with van der Waals surface area (Å²) in [5.74, 6) is 5.16. The van der Waals surface area contributed by atoms with Gasteiger partial charge < -0.3 is 5.43 Å². The Hall–Kier alpha value is -1.02. The van der Waals surface area contributed by atoms with Crippen molar-refractivity contribution in [2.75, 3.05) is 5.43 Å². The molecule has 9 heavy (non-hydrogen) atoms. The fraction of sp³-hybridized carbons (Fsp3) is 0. The summed E-state index contributed by atoms with van der Waals surface area (Å²) >= 11 is 0. The molecule has 2 nitrogen and oxygen atoms in total. The van der Waals surface area contributed by atoms with Crippen LogP contribution in [0.5, 0.6) is 0 Å². The maximum absolute atomic E-state index is 5.16. The summed E-state index contributed by atoms with van der Waals surface area (Å²) in [7, 11) is 0. The molecular weight excluding hydrogens is 112 g/mol. The lowest BCUT2D eigenvalue weighted by Crippen LogP contribution is -2.07. The lowest BCUT2D eigenvalue weighted by molar-refractivity contribution is 1.34. The predicted octanol–water partition coefficient (Wildman–Crippen LogP) is 1.15. The van der Waals surface area contributed by atoms with Crippen LogP contribution in [0, 0.1) is 6.92 Å². The Morgan fingerprint density at radius 1 is 1.33 bits per heavy atom. The van der Waals surface area contributed by atoms with E-state index in [1.54, 1.807) is 0 Å². The Balaban J connectivity index is 3.01. The van der Waals surface area contributed by atoms with Crippen LogP contribution >= 0.6 is 0 Å². The molecule has 0 amide bonds. The molecule has 1 aromatic rings. The number of anilines is 1. The minimum absolute atomic E-state index is 0.873. The number of nitrogen functional groups attached to an aromatic ring is 1. The van der Waals surface area contributed by atoms with Crippen molar-refractivity contribution in [3.63, 3.8) is 0 Å². The summed E-state index contributed by atoms with van der Waals surface area (Å²) in [4.78, 5) is 0. The normalized spacial score (nSPS) is 9.11. The zero-order valence-electron chi connectivity index (χ0n) is 5.09. The lowest BCUT2D eigenvalue weighted by Gasteiger charge is -2.00. The minimum atomic E-state index is 0.873. The van der Waals surface area contributed by atoms with Crippen molar-refractivity contribution < 1.29 is 0 Å². The number of nitrogens with two attached hydrogens (primary N) is 1. The summed E-state index contributed by atoms with van der Waals surface area (Å²) in [6.45, 7) is 3.75. The van der Waals surface area contributed by atoms with E-state index in [9.17, 15) is 0 Å². The molecule has 1 radical (unpaired) electrons. The van der Waals surface area contributed by atoms with Crippen molar-refractivity contribution in [3.05, 3.63) is 36.8 Å². The third-order valence-corrected chi connectivity index (χ3v) is 1.17. The van der Waals surface area contributed by atoms with Gasteiger partial charge in [-0.3, -0.25) is 5.84 Å². The molecule has 1 rings (SSSR count). The Bertz CT molecular complexity index is 196. The highest BCUT2D eigenvalue weighted by molar-refractivity contribution is 5.51. The van der Waals surface area contributed by atoms with Crippen LogP contribution < -0.4 is 11.3 Å². The second-order valence-corrected chi connectivity index (χ2v) is 1.80. The van der Waals surface area contributed by atoms with Crippen LogP contribution in [-0.2, 0) is 0 Å². The fourth-order valence-electron chi connectivity index (χ4n) is 0.661. The highest BCUT2D eigenvalue weighted by atomic mass is 15.2. The maximum atomic E-state index is 5.16. The van der Waals surface area contributed by atoms with Gasteiger partial charge in [-0.2, -0.15) is 0 Å². The molecular formula is C7H9N2. The van der Waals surface area contributed by atoms with E-state index in [0.29, 0.717) is 0 Å². The van der Waals surface area contributed by atoms with Gasteiger partial charge in [0.2, 0.25) is 0 Å². The van der Waals surface area contributed by atoms with Crippen molar-refractivity contribution in [1.29, 1.82) is 0 Å². The third kappa shape index (κ3) is 1.21. The van der Waals surface area contributed by atoms with Gasteiger partial charge in [0.1, 0.15) is 0 Å². The Kier molecular flexibility index (Phi) is 1.70. The van der Waals surface area contributed by atoms with E-state index in [4.69, 9.17) is 5.84 Å². The van der Waals surface area contributed by atoms with Gasteiger partial charge in [-0.15, -0.1) is 0 Å². The van der Waals surface area contributed by atoms with Crippen LogP contribution in [-0.4, -0.2) is 0 Å². The average molecular weight is 121 g/mol. The summed E-state index contributed by atoms with van der Waals surface area (Å²) in [5.41, 5.74) is 4.32. The third-order valence-electron chi connectivity index (χ3n) is 1.17. The maximum Gasteiger partial charge on any atom is 0.0517 e. The summed E-state index contributed by atoms with van der Waals surface area (Å²) in [5, 5.41) is 0. The first-order chi connectivity index (χ1) is 4.34. The topological polar surface area (TPSA) is 38.0 Å². The van der Waals surface area contributed by atoms with Crippen LogP contribution in [0.15, 0.2) is 24.3 Å². The second kappa shape index (κ2) is 2.51. The van der Waals surface area contributed by atoms with Crippen molar-refractivity contribution in [3.8, 4) is 0 Å². The number of hydrogen-bond donors (Lipinski definition) is 2. The molecule has 0 saturated carbocycles. The van der Waals surface area contributed by atoms with Crippen molar-refractivity contribution in [2.24, 2.45) is 5.84 Å². The van der Waals surface area contributed by atoms with E-state index < -0.39 is 0 Å². The Morgan fingerprint density at radius 3 is 2.44 bits per heavy atom. The molecule has 0 bridgehead atoms. The molecule has 0 aliphatic heterocycles. The van der Waals surface area contributed by atoms with E-state index in [1.165, 1.54) is 0 Å². The first-order valence-corrected chi connectivity index (χ1v) is 2.72. The first-order valence-electron chi connectivity index (χ1n) is 2.72. The van der Waals surface area contributed by atoms with Crippen molar-refractivity contribution in [1.82, 2.24) is 0 Å². The van der Waals surface area contributed by atoms with Gasteiger partial charge in [0.25, 0.3) is 0 Å². The van der Waals surface area contributed by atoms with Crippen molar-refractivity contribution in [2.45, 2.75) is 0 Å². The first kappa shape index (κ1) is 6.11. The fourth-order valence-corrected chi connectivity index (χ4v) is 0.661. The van der Waals surface area contributed by atoms with E-state index in [1.807, 2.05) is 24.3 Å². The van der Waals surface area contributed by atoms with E-state index in [2.05, 4.69) is 12.3 Å². The number of hydrazine groups is 1. The standard InChI is InChI=1S/C7H9N2/c1-6-4-2-3-5-7(6)9-8/h2-5,9H,1,8H2. The molecule has 0 unspecified atom stereocenters. The number of hydrogen-bond acceptors (Lipinski definition) is 2. The molecule has 47 valence electrons. The van der Waals surface area contributed by atoms with Gasteiger partial charge in [-0.05, 0) is 18.6 Å². The molecule has 0 aliphatic rings. The van der Waals surface area contributed by atoms with Crippen LogP contribution in [0.2, 0.25) is 0 Å². The highest BCUT2D eigenvalue weighted by Crippen LogP contribution is 2.10. The van der Waals surface area contributed by atoms with Gasteiger partial charge in [-0.25, -0.2) is 0 Å². The number of nitrogens with one attached hydrogen (secondary N) is 1. The molecule has 0 aromatic heterocycles. The van der Waals surface area contributed by atoms with E-state index >= 15 is 0 Å². The summed E-state index contributed by atoms with van der Waals surface area (Å²) in [6, 6.07) is 7.60. The zero-order chi connectivity index (χ0) is 6.69. The average Bonchev–Trinajstić information content (AvgIpc) is 1.89. The van der Waals surface area contributed by atoms with Gasteiger partial charge in [-0.1, -0.05) is 18.2 Å². The lowest BCUT2D eigenvalue weighted by atomic mass is 10.2. The molecule has 0 spiro atoms. The quantitative estimate of drug-likeness (QED) is 0.432. The number of para-hydroxylation sites is 1. The molecule has 0 atom stereocenters. The molecule has 3 N–H and O–H groups in total. The van der Waals surface area contributed by atoms with Crippen LogP contribution in [0.1, 0.15) is 5.56 Å². The van der Waals surface area contributed by atoms with Crippen LogP contribution in [0.3, 0.4) is 0 Å². The summed E-state index contributed by atoms with van der Waals surface area (Å²) < 4.78 is 0. The Labute approximate surface area is 54.7 Å². The van der Waals surface area contributed by atoms with Crippen LogP contribution in [0.25, 0.3) is 0 Å². The molecule has 1 aromatic carbocycles. The number of rotatable bonds is 1.